The molecule has 1 rings (SSSR count). The van der Waals surface area contributed by atoms with Crippen molar-refractivity contribution in [2.24, 2.45) is 0 Å². The Hall–Kier alpha value is -1.02. The van der Waals surface area contributed by atoms with Crippen molar-refractivity contribution in [1.29, 1.82) is 0 Å². The van der Waals surface area contributed by atoms with Crippen LogP contribution in [0.3, 0.4) is 0 Å². The third-order valence-corrected chi connectivity index (χ3v) is 1.44. The summed E-state index contributed by atoms with van der Waals surface area (Å²) < 4.78 is 4.99. The Kier molecular flexibility index (Phi) is 2.49. The van der Waals surface area contributed by atoms with E-state index in [4.69, 9.17) is 9.84 Å². The lowest BCUT2D eigenvalue weighted by molar-refractivity contribution is 0.281. The summed E-state index contributed by atoms with van der Waals surface area (Å²) in [5.74, 6) is 0.738. The van der Waals surface area contributed by atoms with Crippen molar-refractivity contribution in [1.82, 2.24) is 0 Å². The Labute approximate surface area is 66.4 Å². The Bertz CT molecular complexity index is 221. The van der Waals surface area contributed by atoms with Crippen LogP contribution in [0.2, 0.25) is 0 Å². The summed E-state index contributed by atoms with van der Waals surface area (Å²) in [6, 6.07) is 5.43. The van der Waals surface area contributed by atoms with Gasteiger partial charge in [-0.15, -0.1) is 0 Å². The number of methoxy groups -OCH3 is 1. The first-order chi connectivity index (χ1) is 5.26. The van der Waals surface area contributed by atoms with E-state index in [2.05, 4.69) is 6.92 Å². The van der Waals surface area contributed by atoms with E-state index in [1.807, 2.05) is 12.1 Å². The predicted octanol–water partition coefficient (Wildman–Crippen LogP) is 1.37. The van der Waals surface area contributed by atoms with Gasteiger partial charge in [-0.05, 0) is 30.2 Å². The number of aliphatic hydroxyl groups excluding tert-OH is 1. The van der Waals surface area contributed by atoms with E-state index in [1.165, 1.54) is 0 Å². The van der Waals surface area contributed by atoms with Gasteiger partial charge in [0.25, 0.3) is 0 Å². The summed E-state index contributed by atoms with van der Waals surface area (Å²) in [6.07, 6.45) is 0. The number of hydrogen-bond donors (Lipinski definition) is 1. The van der Waals surface area contributed by atoms with Crippen LogP contribution in [0, 0.1) is 6.92 Å². The average molecular weight is 151 g/mol. The average Bonchev–Trinajstić information content (AvgIpc) is 2.03. The smallest absolute Gasteiger partial charge is 0.119 e. The molecule has 0 atom stereocenters. The summed E-state index contributed by atoms with van der Waals surface area (Å²) in [5.41, 5.74) is 1.68. The number of rotatable bonds is 2. The van der Waals surface area contributed by atoms with Crippen LogP contribution >= 0.6 is 0 Å². The van der Waals surface area contributed by atoms with Crippen LogP contribution in [0.4, 0.5) is 0 Å². The molecule has 59 valence electrons. The predicted molar refractivity (Wildman–Crippen MR) is 43.4 cm³/mol. The molecule has 0 unspecified atom stereocenters. The van der Waals surface area contributed by atoms with Gasteiger partial charge in [0.15, 0.2) is 0 Å². The van der Waals surface area contributed by atoms with Crippen LogP contribution in [0.5, 0.6) is 5.75 Å². The normalized spacial score (nSPS) is 9.73. The highest BCUT2D eigenvalue weighted by Gasteiger charge is 1.96. The molecular weight excluding hydrogens is 140 g/mol. The maximum absolute atomic E-state index is 8.80. The second-order valence-electron chi connectivity index (χ2n) is 2.35. The van der Waals surface area contributed by atoms with Crippen molar-refractivity contribution < 1.29 is 9.84 Å². The lowest BCUT2D eigenvalue weighted by atomic mass is 10.1. The van der Waals surface area contributed by atoms with Gasteiger partial charge in [0.1, 0.15) is 5.75 Å². The van der Waals surface area contributed by atoms with Gasteiger partial charge in [0.05, 0.1) is 13.7 Å². The molecular formula is C9H11O2. The van der Waals surface area contributed by atoms with Gasteiger partial charge >= 0.3 is 0 Å². The quantitative estimate of drug-likeness (QED) is 0.691. The van der Waals surface area contributed by atoms with Crippen molar-refractivity contribution >= 4 is 0 Å². The van der Waals surface area contributed by atoms with Gasteiger partial charge in [-0.1, -0.05) is 6.07 Å². The van der Waals surface area contributed by atoms with Crippen LogP contribution in [0.15, 0.2) is 18.2 Å². The zero-order valence-electron chi connectivity index (χ0n) is 6.50. The highest BCUT2D eigenvalue weighted by atomic mass is 16.5. The van der Waals surface area contributed by atoms with Crippen LogP contribution in [0.25, 0.3) is 0 Å². The molecule has 0 aliphatic heterocycles. The Morgan fingerprint density at radius 3 is 2.73 bits per heavy atom. The lowest BCUT2D eigenvalue weighted by Gasteiger charge is -2.03. The number of ether oxygens (including phenoxy) is 1. The summed E-state index contributed by atoms with van der Waals surface area (Å²) in [6.45, 7) is 3.77. The molecule has 2 nitrogen and oxygen atoms in total. The fourth-order valence-corrected chi connectivity index (χ4v) is 0.938. The first-order valence-corrected chi connectivity index (χ1v) is 3.37. The lowest BCUT2D eigenvalue weighted by Crippen LogP contribution is -1.88. The van der Waals surface area contributed by atoms with Crippen molar-refractivity contribution in [2.75, 3.05) is 7.11 Å². The number of aliphatic hydroxyl groups is 1. The van der Waals surface area contributed by atoms with Crippen molar-refractivity contribution in [3.63, 3.8) is 0 Å². The molecule has 1 radical (unpaired) electrons. The van der Waals surface area contributed by atoms with Gasteiger partial charge in [0.2, 0.25) is 0 Å². The van der Waals surface area contributed by atoms with Crippen LogP contribution in [-0.4, -0.2) is 12.2 Å². The second kappa shape index (κ2) is 3.39. The highest BCUT2D eigenvalue weighted by Crippen LogP contribution is 2.15. The minimum atomic E-state index is 0.0275. The fourth-order valence-electron chi connectivity index (χ4n) is 0.938. The molecule has 0 saturated heterocycles. The molecule has 0 aromatic heterocycles. The number of benzene rings is 1. The van der Waals surface area contributed by atoms with E-state index in [0.29, 0.717) is 0 Å². The molecule has 1 N–H and O–H groups in total. The van der Waals surface area contributed by atoms with Gasteiger partial charge in [-0.3, -0.25) is 0 Å². The maximum atomic E-state index is 8.80. The zero-order valence-corrected chi connectivity index (χ0v) is 6.50. The molecule has 1 aromatic carbocycles. The highest BCUT2D eigenvalue weighted by molar-refractivity contribution is 5.35. The summed E-state index contributed by atoms with van der Waals surface area (Å²) in [7, 11) is 1.59. The molecule has 1 aromatic rings. The Balaban J connectivity index is 3.02. The third-order valence-electron chi connectivity index (χ3n) is 1.44. The molecule has 0 spiro atoms. The zero-order chi connectivity index (χ0) is 8.27. The summed E-state index contributed by atoms with van der Waals surface area (Å²) >= 11 is 0. The van der Waals surface area contributed by atoms with Crippen LogP contribution in [0.1, 0.15) is 11.1 Å². The van der Waals surface area contributed by atoms with E-state index in [1.54, 1.807) is 13.2 Å². The van der Waals surface area contributed by atoms with E-state index >= 15 is 0 Å². The molecule has 0 aliphatic rings. The van der Waals surface area contributed by atoms with E-state index in [0.717, 1.165) is 16.9 Å². The molecule has 0 aliphatic carbocycles. The summed E-state index contributed by atoms with van der Waals surface area (Å²) in [5, 5.41) is 8.80. The number of hydrogen-bond acceptors (Lipinski definition) is 2. The first-order valence-electron chi connectivity index (χ1n) is 3.37. The van der Waals surface area contributed by atoms with Crippen molar-refractivity contribution in [3.05, 3.63) is 36.2 Å². The monoisotopic (exact) mass is 151 g/mol. The van der Waals surface area contributed by atoms with E-state index in [-0.39, 0.29) is 6.61 Å². The molecule has 0 amide bonds. The van der Waals surface area contributed by atoms with Crippen molar-refractivity contribution in [3.8, 4) is 5.75 Å². The second-order valence-corrected chi connectivity index (χ2v) is 2.35. The van der Waals surface area contributed by atoms with Gasteiger partial charge in [0, 0.05) is 0 Å². The maximum Gasteiger partial charge on any atom is 0.119 e. The topological polar surface area (TPSA) is 29.5 Å². The fraction of sp³-hybridized carbons (Fsp3) is 0.222. The van der Waals surface area contributed by atoms with Gasteiger partial charge < -0.3 is 9.84 Å². The molecule has 0 fully saturated rings. The van der Waals surface area contributed by atoms with Crippen LogP contribution in [-0.2, 0) is 6.61 Å². The molecule has 11 heavy (non-hydrogen) atoms. The SMILES string of the molecule is [CH2]c1cc(CO)cc(OC)c1. The molecule has 0 saturated carbocycles. The first kappa shape index (κ1) is 8.08. The van der Waals surface area contributed by atoms with Gasteiger partial charge in [-0.25, -0.2) is 0 Å². The Morgan fingerprint density at radius 2 is 2.18 bits per heavy atom. The van der Waals surface area contributed by atoms with Gasteiger partial charge in [-0.2, -0.15) is 0 Å². The van der Waals surface area contributed by atoms with Crippen LogP contribution < -0.4 is 4.74 Å². The van der Waals surface area contributed by atoms with Crippen molar-refractivity contribution in [2.45, 2.75) is 6.61 Å². The summed E-state index contributed by atoms with van der Waals surface area (Å²) in [4.78, 5) is 0. The molecule has 2 heteroatoms. The largest absolute Gasteiger partial charge is 0.497 e. The minimum absolute atomic E-state index is 0.0275. The Morgan fingerprint density at radius 1 is 1.45 bits per heavy atom. The molecule has 0 bridgehead atoms. The van der Waals surface area contributed by atoms with E-state index in [9.17, 15) is 0 Å². The molecule has 0 heterocycles. The third kappa shape index (κ3) is 1.95. The minimum Gasteiger partial charge on any atom is -0.497 e. The standard InChI is InChI=1S/C9H11O2/c1-7-3-8(6-10)5-9(4-7)11-2/h3-5,10H,1,6H2,2H3. The van der Waals surface area contributed by atoms with E-state index < -0.39 is 0 Å².